The van der Waals surface area contributed by atoms with E-state index in [1.165, 1.54) is 6.07 Å². The second-order valence-electron chi connectivity index (χ2n) is 2.78. The topological polar surface area (TPSA) is 62.5 Å². The fourth-order valence-electron chi connectivity index (χ4n) is 0.986. The van der Waals surface area contributed by atoms with E-state index in [-0.39, 0.29) is 17.9 Å². The minimum Gasteiger partial charge on any atom is -0.478 e. The molecule has 0 radical (unpaired) electrons. The molecule has 0 fully saturated rings. The van der Waals surface area contributed by atoms with E-state index in [1.54, 1.807) is 0 Å². The monoisotopic (exact) mass is 223 g/mol. The molecule has 1 heterocycles. The summed E-state index contributed by atoms with van der Waals surface area (Å²) >= 11 is 0. The molecule has 0 unspecified atom stereocenters. The Morgan fingerprint density at radius 3 is 2.73 bits per heavy atom. The second kappa shape index (κ2) is 4.35. The van der Waals surface area contributed by atoms with Crippen LogP contribution in [0.2, 0.25) is 0 Å². The third-order valence-corrected chi connectivity index (χ3v) is 1.59. The lowest BCUT2D eigenvalue weighted by Gasteiger charge is -2.06. The molecule has 0 aliphatic carbocycles. The van der Waals surface area contributed by atoms with Gasteiger partial charge in [-0.25, -0.2) is 4.79 Å². The summed E-state index contributed by atoms with van der Waals surface area (Å²) in [6.07, 6.45) is -3.20. The fourth-order valence-corrected chi connectivity index (χ4v) is 0.986. The molecule has 0 spiro atoms. The highest BCUT2D eigenvalue weighted by molar-refractivity contribution is 5.88. The third-order valence-electron chi connectivity index (χ3n) is 1.59. The van der Waals surface area contributed by atoms with Gasteiger partial charge in [0, 0.05) is 0 Å². The number of halogens is 3. The highest BCUT2D eigenvalue weighted by Crippen LogP contribution is 2.14. The van der Waals surface area contributed by atoms with Crippen LogP contribution in [0.5, 0.6) is 0 Å². The number of hydrogen-bond donors (Lipinski definition) is 2. The zero-order chi connectivity index (χ0) is 11.5. The summed E-state index contributed by atoms with van der Waals surface area (Å²) in [4.78, 5) is 10.5. The van der Waals surface area contributed by atoms with Crippen molar-refractivity contribution in [2.75, 3.05) is 6.54 Å². The number of furan rings is 1. The zero-order valence-electron chi connectivity index (χ0n) is 7.47. The lowest BCUT2D eigenvalue weighted by atomic mass is 10.2. The van der Waals surface area contributed by atoms with Gasteiger partial charge in [-0.2, -0.15) is 13.2 Å². The predicted octanol–water partition coefficient (Wildman–Crippen LogP) is 1.63. The Bertz CT molecular complexity index is 345. The van der Waals surface area contributed by atoms with E-state index >= 15 is 0 Å². The van der Waals surface area contributed by atoms with Crippen molar-refractivity contribution >= 4 is 5.97 Å². The van der Waals surface area contributed by atoms with Gasteiger partial charge >= 0.3 is 12.1 Å². The lowest BCUT2D eigenvalue weighted by molar-refractivity contribution is -0.125. The number of hydrogen-bond acceptors (Lipinski definition) is 3. The SMILES string of the molecule is O=C(O)c1ccoc1CNCC(F)(F)F. The van der Waals surface area contributed by atoms with Crippen molar-refractivity contribution < 1.29 is 27.5 Å². The number of rotatable bonds is 4. The van der Waals surface area contributed by atoms with E-state index in [2.05, 4.69) is 0 Å². The summed E-state index contributed by atoms with van der Waals surface area (Å²) in [6.45, 7) is -1.46. The van der Waals surface area contributed by atoms with Crippen LogP contribution in [-0.2, 0) is 6.54 Å². The number of carboxylic acid groups (broad SMARTS) is 1. The van der Waals surface area contributed by atoms with Crippen molar-refractivity contribution in [1.82, 2.24) is 5.32 Å². The van der Waals surface area contributed by atoms with Crippen LogP contribution >= 0.6 is 0 Å². The van der Waals surface area contributed by atoms with Crippen LogP contribution in [0.15, 0.2) is 16.7 Å². The molecular formula is C8H8F3NO3. The second-order valence-corrected chi connectivity index (χ2v) is 2.78. The Morgan fingerprint density at radius 1 is 1.53 bits per heavy atom. The summed E-state index contributed by atoms with van der Waals surface area (Å²) in [7, 11) is 0. The first-order valence-corrected chi connectivity index (χ1v) is 3.97. The van der Waals surface area contributed by atoms with Crippen molar-refractivity contribution in [2.24, 2.45) is 0 Å². The van der Waals surface area contributed by atoms with Crippen LogP contribution < -0.4 is 5.32 Å². The van der Waals surface area contributed by atoms with Crippen molar-refractivity contribution in [3.05, 3.63) is 23.7 Å². The summed E-state index contributed by atoms with van der Waals surface area (Å²) < 4.78 is 39.9. The van der Waals surface area contributed by atoms with E-state index in [4.69, 9.17) is 9.52 Å². The van der Waals surface area contributed by atoms with Crippen LogP contribution in [0.1, 0.15) is 16.1 Å². The summed E-state index contributed by atoms with van der Waals surface area (Å²) in [5.41, 5.74) is -0.135. The standard InChI is InChI=1S/C8H8F3NO3/c9-8(10,11)4-12-3-6-5(7(13)14)1-2-15-6/h1-2,12H,3-4H2,(H,13,14). The van der Waals surface area contributed by atoms with Crippen LogP contribution in [0.4, 0.5) is 13.2 Å². The molecule has 7 heteroatoms. The number of nitrogens with one attached hydrogen (secondary N) is 1. The molecule has 1 aromatic rings. The van der Waals surface area contributed by atoms with Crippen molar-refractivity contribution in [2.45, 2.75) is 12.7 Å². The maximum Gasteiger partial charge on any atom is 0.401 e. The Balaban J connectivity index is 2.51. The highest BCUT2D eigenvalue weighted by atomic mass is 19.4. The van der Waals surface area contributed by atoms with Crippen LogP contribution in [0.25, 0.3) is 0 Å². The molecule has 0 bridgehead atoms. The maximum atomic E-state index is 11.7. The molecule has 15 heavy (non-hydrogen) atoms. The molecule has 4 nitrogen and oxygen atoms in total. The highest BCUT2D eigenvalue weighted by Gasteiger charge is 2.26. The van der Waals surface area contributed by atoms with Crippen LogP contribution in [0, 0.1) is 0 Å². The van der Waals surface area contributed by atoms with Gasteiger partial charge in [-0.1, -0.05) is 0 Å². The Hall–Kier alpha value is -1.50. The molecule has 0 aromatic carbocycles. The maximum absolute atomic E-state index is 11.7. The minimum atomic E-state index is -4.32. The van der Waals surface area contributed by atoms with Gasteiger partial charge in [0.1, 0.15) is 11.3 Å². The van der Waals surface area contributed by atoms with E-state index in [0.29, 0.717) is 0 Å². The first-order chi connectivity index (χ1) is 6.90. The van der Waals surface area contributed by atoms with Gasteiger partial charge in [0.2, 0.25) is 0 Å². The fraction of sp³-hybridized carbons (Fsp3) is 0.375. The van der Waals surface area contributed by atoms with Gasteiger partial charge in [0.25, 0.3) is 0 Å². The quantitative estimate of drug-likeness (QED) is 0.814. The molecule has 1 rings (SSSR count). The molecule has 84 valence electrons. The van der Waals surface area contributed by atoms with Gasteiger partial charge < -0.3 is 14.8 Å². The third kappa shape index (κ3) is 3.62. The van der Waals surface area contributed by atoms with Gasteiger partial charge in [-0.05, 0) is 6.07 Å². The average molecular weight is 223 g/mol. The lowest BCUT2D eigenvalue weighted by Crippen LogP contribution is -2.28. The first kappa shape index (κ1) is 11.6. The largest absolute Gasteiger partial charge is 0.478 e. The molecule has 2 N–H and O–H groups in total. The molecule has 0 aliphatic rings. The first-order valence-electron chi connectivity index (χ1n) is 3.97. The Labute approximate surface area is 82.7 Å². The molecular weight excluding hydrogens is 215 g/mol. The Morgan fingerprint density at radius 2 is 2.20 bits per heavy atom. The molecule has 0 saturated heterocycles. The number of carbonyl (C=O) groups is 1. The summed E-state index contributed by atoms with van der Waals surface area (Å²) in [5, 5.41) is 10.6. The summed E-state index contributed by atoms with van der Waals surface area (Å²) in [6, 6.07) is 1.19. The molecule has 1 aromatic heterocycles. The van der Waals surface area contributed by atoms with E-state index in [0.717, 1.165) is 6.26 Å². The van der Waals surface area contributed by atoms with Crippen molar-refractivity contribution in [1.29, 1.82) is 0 Å². The van der Waals surface area contributed by atoms with Gasteiger partial charge in [0.05, 0.1) is 19.4 Å². The predicted molar refractivity (Wildman–Crippen MR) is 43.4 cm³/mol. The summed E-state index contributed by atoms with van der Waals surface area (Å²) in [5.74, 6) is -1.25. The van der Waals surface area contributed by atoms with Gasteiger partial charge in [-0.3, -0.25) is 0 Å². The van der Waals surface area contributed by atoms with Gasteiger partial charge in [-0.15, -0.1) is 0 Å². The average Bonchev–Trinajstić information content (AvgIpc) is 2.49. The molecule has 0 aliphatic heterocycles. The van der Waals surface area contributed by atoms with E-state index in [9.17, 15) is 18.0 Å². The van der Waals surface area contributed by atoms with Gasteiger partial charge in [0.15, 0.2) is 0 Å². The van der Waals surface area contributed by atoms with Crippen LogP contribution in [0.3, 0.4) is 0 Å². The van der Waals surface area contributed by atoms with Crippen LogP contribution in [-0.4, -0.2) is 23.8 Å². The molecule has 0 atom stereocenters. The molecule has 0 saturated carbocycles. The molecule has 0 amide bonds. The number of alkyl halides is 3. The van der Waals surface area contributed by atoms with E-state index < -0.39 is 18.7 Å². The zero-order valence-corrected chi connectivity index (χ0v) is 7.47. The Kier molecular flexibility index (Phi) is 3.35. The minimum absolute atomic E-state index is 0.0215. The van der Waals surface area contributed by atoms with Crippen molar-refractivity contribution in [3.63, 3.8) is 0 Å². The smallest absolute Gasteiger partial charge is 0.401 e. The normalized spacial score (nSPS) is 11.7. The van der Waals surface area contributed by atoms with E-state index in [1.807, 2.05) is 5.32 Å². The van der Waals surface area contributed by atoms with Crippen molar-refractivity contribution in [3.8, 4) is 0 Å². The number of aromatic carboxylic acids is 1. The number of carboxylic acids is 1.